The molecule has 3 heterocycles. The zero-order chi connectivity index (χ0) is 24.2. The van der Waals surface area contributed by atoms with Gasteiger partial charge in [0, 0.05) is 48.3 Å². The molecule has 0 radical (unpaired) electrons. The van der Waals surface area contributed by atoms with Gasteiger partial charge in [0.2, 0.25) is 0 Å². The summed E-state index contributed by atoms with van der Waals surface area (Å²) in [5.41, 5.74) is 3.17. The Morgan fingerprint density at radius 1 is 1.17 bits per heavy atom. The number of fused-ring (bicyclic) bond motifs is 1. The second kappa shape index (κ2) is 11.0. The number of aromatic nitrogens is 2. The molecule has 0 unspecified atom stereocenters. The molecule has 2 N–H and O–H groups in total. The Bertz CT molecular complexity index is 1010. The van der Waals surface area contributed by atoms with E-state index in [1.807, 2.05) is 36.3 Å². The van der Waals surface area contributed by atoms with Crippen molar-refractivity contribution in [3.8, 4) is 0 Å². The second-order valence-electron chi connectivity index (χ2n) is 10.5. The zero-order valence-corrected chi connectivity index (χ0v) is 20.7. The van der Waals surface area contributed by atoms with Crippen LogP contribution in [0.25, 0.3) is 0 Å². The first-order chi connectivity index (χ1) is 17.1. The van der Waals surface area contributed by atoms with Gasteiger partial charge in [0.05, 0.1) is 6.10 Å². The molecule has 188 valence electrons. The largest absolute Gasteiger partial charge is 0.480 e. The molecular formula is C28H38N4O3. The number of carboxylic acids is 1. The summed E-state index contributed by atoms with van der Waals surface area (Å²) in [6.07, 6.45) is 14.7. The third-order valence-electron chi connectivity index (χ3n) is 8.24. The van der Waals surface area contributed by atoms with Gasteiger partial charge >= 0.3 is 5.97 Å². The Morgan fingerprint density at radius 2 is 1.97 bits per heavy atom. The summed E-state index contributed by atoms with van der Waals surface area (Å²) in [5.74, 6) is 0.670. The van der Waals surface area contributed by atoms with Gasteiger partial charge in [-0.05, 0) is 82.5 Å². The summed E-state index contributed by atoms with van der Waals surface area (Å²) in [7, 11) is 1.95. The van der Waals surface area contributed by atoms with Gasteiger partial charge in [-0.25, -0.2) is 4.98 Å². The van der Waals surface area contributed by atoms with Crippen LogP contribution in [0.5, 0.6) is 0 Å². The van der Waals surface area contributed by atoms with Crippen molar-refractivity contribution in [2.45, 2.75) is 94.4 Å². The fourth-order valence-corrected chi connectivity index (χ4v) is 5.75. The average Bonchev–Trinajstić information content (AvgIpc) is 2.79. The van der Waals surface area contributed by atoms with Crippen molar-refractivity contribution < 1.29 is 14.6 Å². The number of nitrogens with one attached hydrogen (secondary N) is 1. The van der Waals surface area contributed by atoms with Crippen LogP contribution in [0.2, 0.25) is 0 Å². The van der Waals surface area contributed by atoms with Crippen molar-refractivity contribution in [1.82, 2.24) is 14.9 Å². The number of nitrogens with zero attached hydrogens (tertiary/aromatic N) is 3. The molecule has 0 bridgehead atoms. The van der Waals surface area contributed by atoms with E-state index >= 15 is 0 Å². The molecule has 5 rings (SSSR count). The molecule has 7 nitrogen and oxygen atoms in total. The van der Waals surface area contributed by atoms with Crippen LogP contribution < -0.4 is 5.32 Å². The van der Waals surface area contributed by atoms with Crippen LogP contribution in [0.15, 0.2) is 36.7 Å². The lowest BCUT2D eigenvalue weighted by atomic mass is 9.79. The number of ether oxygens (including phenoxy) is 1. The summed E-state index contributed by atoms with van der Waals surface area (Å²) in [4.78, 5) is 23.4. The summed E-state index contributed by atoms with van der Waals surface area (Å²) >= 11 is 0. The molecule has 0 aromatic carbocycles. The molecule has 2 saturated carbocycles. The van der Waals surface area contributed by atoms with Crippen molar-refractivity contribution in [3.05, 3.63) is 53.5 Å². The standard InChI is InChI=1S/C28H38N4O3/c1-32(26(28(33)34)24-11-6-14-29-25(24)19-7-4-8-19)22-17-23(18-22)35-16-3-2-10-21-13-12-20-9-5-15-30-27(20)31-21/h5-6,9,11,14-15,19,21-23,26H,2-4,7-8,10,12-13,16-18H2,1H3,(H,30,31)(H,33,34)/t21-,22?,23?,26-/m0/s1. The minimum absolute atomic E-state index is 0.231. The highest BCUT2D eigenvalue weighted by molar-refractivity contribution is 5.76. The molecule has 7 heteroatoms. The molecule has 0 amide bonds. The average molecular weight is 479 g/mol. The molecule has 3 aliphatic rings. The van der Waals surface area contributed by atoms with E-state index in [-0.39, 0.29) is 12.1 Å². The van der Waals surface area contributed by atoms with Gasteiger partial charge in [-0.3, -0.25) is 14.7 Å². The minimum atomic E-state index is -0.792. The topological polar surface area (TPSA) is 87.6 Å². The number of carbonyl (C=O) groups is 1. The van der Waals surface area contributed by atoms with E-state index in [2.05, 4.69) is 21.4 Å². The summed E-state index contributed by atoms with van der Waals surface area (Å²) < 4.78 is 6.12. The third kappa shape index (κ3) is 5.51. The molecular weight excluding hydrogens is 440 g/mol. The van der Waals surface area contributed by atoms with Gasteiger partial charge in [-0.15, -0.1) is 0 Å². The number of aryl methyl sites for hydroxylation is 1. The van der Waals surface area contributed by atoms with Crippen LogP contribution in [0.1, 0.15) is 86.6 Å². The second-order valence-corrected chi connectivity index (χ2v) is 10.5. The monoisotopic (exact) mass is 478 g/mol. The molecule has 2 atom stereocenters. The van der Waals surface area contributed by atoms with Crippen molar-refractivity contribution in [2.75, 3.05) is 19.0 Å². The number of hydrogen-bond donors (Lipinski definition) is 2. The van der Waals surface area contributed by atoms with Gasteiger partial charge in [0.15, 0.2) is 0 Å². The van der Waals surface area contributed by atoms with E-state index in [0.717, 1.165) is 75.0 Å². The number of hydrogen-bond acceptors (Lipinski definition) is 6. The quantitative estimate of drug-likeness (QED) is 0.442. The maximum Gasteiger partial charge on any atom is 0.325 e. The van der Waals surface area contributed by atoms with Crippen LogP contribution in [0, 0.1) is 0 Å². The highest BCUT2D eigenvalue weighted by Gasteiger charge is 2.40. The zero-order valence-electron chi connectivity index (χ0n) is 20.7. The smallest absolute Gasteiger partial charge is 0.325 e. The first kappa shape index (κ1) is 24.2. The first-order valence-electron chi connectivity index (χ1n) is 13.3. The SMILES string of the molecule is CN(C1CC(OCCCC[C@H]2CCc3cccnc3N2)C1)[C@H](C(=O)O)c1cccnc1C1CCC1. The Kier molecular flexibility index (Phi) is 7.63. The lowest BCUT2D eigenvalue weighted by Crippen LogP contribution is -2.49. The molecule has 2 fully saturated rings. The van der Waals surface area contributed by atoms with Gasteiger partial charge < -0.3 is 15.2 Å². The number of carboxylic acid groups (broad SMARTS) is 1. The summed E-state index contributed by atoms with van der Waals surface area (Å²) in [6.45, 7) is 0.777. The highest BCUT2D eigenvalue weighted by atomic mass is 16.5. The third-order valence-corrected chi connectivity index (χ3v) is 8.24. The van der Waals surface area contributed by atoms with Crippen LogP contribution >= 0.6 is 0 Å². The van der Waals surface area contributed by atoms with Crippen molar-refractivity contribution >= 4 is 11.8 Å². The van der Waals surface area contributed by atoms with Crippen LogP contribution in [0.4, 0.5) is 5.82 Å². The van der Waals surface area contributed by atoms with E-state index in [0.29, 0.717) is 12.0 Å². The molecule has 0 spiro atoms. The fourth-order valence-electron chi connectivity index (χ4n) is 5.75. The number of anilines is 1. The van der Waals surface area contributed by atoms with E-state index in [9.17, 15) is 9.90 Å². The lowest BCUT2D eigenvalue weighted by Gasteiger charge is -2.43. The Labute approximate surface area is 208 Å². The molecule has 2 aromatic rings. The predicted octanol–water partition coefficient (Wildman–Crippen LogP) is 4.95. The number of rotatable bonds is 11. The molecule has 35 heavy (non-hydrogen) atoms. The van der Waals surface area contributed by atoms with E-state index in [1.54, 1.807) is 6.20 Å². The highest BCUT2D eigenvalue weighted by Crippen LogP contribution is 2.41. The summed E-state index contributed by atoms with van der Waals surface area (Å²) in [6, 6.07) is 8.08. The maximum absolute atomic E-state index is 12.3. The van der Waals surface area contributed by atoms with E-state index in [4.69, 9.17) is 4.74 Å². The number of unbranched alkanes of at least 4 members (excludes halogenated alkanes) is 1. The molecule has 2 aliphatic carbocycles. The maximum atomic E-state index is 12.3. The Morgan fingerprint density at radius 3 is 2.74 bits per heavy atom. The number of aliphatic carboxylic acids is 1. The van der Waals surface area contributed by atoms with Crippen molar-refractivity contribution in [1.29, 1.82) is 0 Å². The van der Waals surface area contributed by atoms with E-state index in [1.165, 1.54) is 18.4 Å². The van der Waals surface area contributed by atoms with Crippen molar-refractivity contribution in [2.24, 2.45) is 0 Å². The van der Waals surface area contributed by atoms with Crippen LogP contribution in [0.3, 0.4) is 0 Å². The van der Waals surface area contributed by atoms with Crippen LogP contribution in [-0.2, 0) is 16.0 Å². The normalized spacial score (nSPS) is 24.7. The minimum Gasteiger partial charge on any atom is -0.480 e. The van der Waals surface area contributed by atoms with Gasteiger partial charge in [0.1, 0.15) is 11.9 Å². The Balaban J connectivity index is 1.04. The van der Waals surface area contributed by atoms with Gasteiger partial charge in [0.25, 0.3) is 0 Å². The molecule has 1 aliphatic heterocycles. The predicted molar refractivity (Wildman–Crippen MR) is 136 cm³/mol. The first-order valence-corrected chi connectivity index (χ1v) is 13.3. The van der Waals surface area contributed by atoms with Gasteiger partial charge in [-0.1, -0.05) is 18.6 Å². The fraction of sp³-hybridized carbons (Fsp3) is 0.607. The molecule has 2 aromatic heterocycles. The van der Waals surface area contributed by atoms with Crippen molar-refractivity contribution in [3.63, 3.8) is 0 Å². The lowest BCUT2D eigenvalue weighted by molar-refractivity contribution is -0.146. The van der Waals surface area contributed by atoms with Gasteiger partial charge in [-0.2, -0.15) is 0 Å². The number of likely N-dealkylation sites (N-methyl/N-ethyl adjacent to an activating group) is 1. The summed E-state index contributed by atoms with van der Waals surface area (Å²) in [5, 5.41) is 13.7. The van der Waals surface area contributed by atoms with Crippen LogP contribution in [-0.4, -0.2) is 57.8 Å². The van der Waals surface area contributed by atoms with E-state index < -0.39 is 12.0 Å². The Hall–Kier alpha value is -2.51. The molecule has 0 saturated heterocycles. The number of pyridine rings is 2.